The van der Waals surface area contributed by atoms with Gasteiger partial charge in [0.2, 0.25) is 0 Å². The van der Waals surface area contributed by atoms with Crippen LogP contribution in [0.4, 0.5) is 4.79 Å². The smallest absolute Gasteiger partial charge is 0.317 e. The molecule has 1 heterocycles. The maximum atomic E-state index is 12.3. The van der Waals surface area contributed by atoms with Gasteiger partial charge < -0.3 is 20.6 Å². The number of aliphatic hydroxyl groups is 1. The zero-order chi connectivity index (χ0) is 22.3. The lowest BCUT2D eigenvalue weighted by Crippen LogP contribution is -2.57. The molecule has 0 spiro atoms. The van der Waals surface area contributed by atoms with E-state index in [1.807, 2.05) is 0 Å². The molecule has 0 unspecified atom stereocenters. The van der Waals surface area contributed by atoms with Gasteiger partial charge in [-0.05, 0) is 50.0 Å². The summed E-state index contributed by atoms with van der Waals surface area (Å²) in [4.78, 5) is 37.0. The monoisotopic (exact) mass is 412 g/mol. The van der Waals surface area contributed by atoms with Gasteiger partial charge in [-0.2, -0.15) is 0 Å². The van der Waals surface area contributed by atoms with E-state index in [2.05, 4.69) is 34.3 Å². The fourth-order valence-corrected chi connectivity index (χ4v) is 2.68. The average Bonchev–Trinajstić information content (AvgIpc) is 2.68. The Morgan fingerprint density at radius 2 is 1.80 bits per heavy atom. The summed E-state index contributed by atoms with van der Waals surface area (Å²) in [6.07, 6.45) is 0. The Morgan fingerprint density at radius 1 is 1.17 bits per heavy atom. The first kappa shape index (κ1) is 22.8. The molecule has 4 amide bonds. The highest BCUT2D eigenvalue weighted by Crippen LogP contribution is 2.14. The van der Waals surface area contributed by atoms with Crippen molar-refractivity contribution in [2.45, 2.75) is 25.5 Å². The Morgan fingerprint density at radius 3 is 2.33 bits per heavy atom. The van der Waals surface area contributed by atoms with E-state index < -0.39 is 23.5 Å². The predicted molar refractivity (Wildman–Crippen MR) is 108 cm³/mol. The summed E-state index contributed by atoms with van der Waals surface area (Å²) in [6, 6.07) is 4.86. The number of nitrogens with one attached hydrogen (secondary N) is 3. The molecule has 1 fully saturated rings. The van der Waals surface area contributed by atoms with Crippen LogP contribution < -0.4 is 16.1 Å². The summed E-state index contributed by atoms with van der Waals surface area (Å²) in [5.74, 6) is 9.96. The number of carbonyl (C=O) groups is 3. The molecule has 2 rings (SSSR count). The van der Waals surface area contributed by atoms with Crippen LogP contribution in [-0.4, -0.2) is 64.8 Å². The van der Waals surface area contributed by atoms with E-state index >= 15 is 0 Å². The van der Waals surface area contributed by atoms with Crippen molar-refractivity contribution < 1.29 is 24.7 Å². The molecule has 1 aliphatic rings. The molecule has 0 radical (unpaired) electrons. The lowest BCUT2D eigenvalue weighted by molar-refractivity contribution is -0.136. The lowest BCUT2D eigenvalue weighted by Gasteiger charge is -2.35. The number of hydrogen-bond acceptors (Lipinski definition) is 5. The molecule has 1 saturated heterocycles. The van der Waals surface area contributed by atoms with Gasteiger partial charge in [-0.1, -0.05) is 11.8 Å². The van der Waals surface area contributed by atoms with Gasteiger partial charge in [0.25, 0.3) is 11.8 Å². The number of benzene rings is 1. The standard InChI is InChI=1S/C21H24N4O5/c1-21(2,29)17(19(27)24-30)23-18(26)16-10-8-14(9-11-16)6-4-5-7-15-12-25(13-15)20(28)22-3/h8-11,15,17,29-30H,12-13H2,1-3H3,(H,22,28)(H,23,26)(H,24,27)/t17-/m1/s1. The Labute approximate surface area is 174 Å². The summed E-state index contributed by atoms with van der Waals surface area (Å²) in [5, 5.41) is 23.7. The van der Waals surface area contributed by atoms with Crippen LogP contribution >= 0.6 is 0 Å². The highest BCUT2D eigenvalue weighted by atomic mass is 16.5. The number of likely N-dealkylation sites (tertiary alicyclic amines) is 1. The van der Waals surface area contributed by atoms with Crippen molar-refractivity contribution in [2.24, 2.45) is 5.92 Å². The van der Waals surface area contributed by atoms with Crippen molar-refractivity contribution in [1.29, 1.82) is 0 Å². The van der Waals surface area contributed by atoms with E-state index in [1.165, 1.54) is 31.5 Å². The Hall–Kier alpha value is -3.53. The zero-order valence-electron chi connectivity index (χ0n) is 16.9. The van der Waals surface area contributed by atoms with Crippen molar-refractivity contribution in [3.63, 3.8) is 0 Å². The van der Waals surface area contributed by atoms with Crippen molar-refractivity contribution in [1.82, 2.24) is 21.0 Å². The van der Waals surface area contributed by atoms with Crippen LogP contribution in [0.3, 0.4) is 0 Å². The highest BCUT2D eigenvalue weighted by Gasteiger charge is 2.34. The predicted octanol–water partition coefficient (Wildman–Crippen LogP) is -0.313. The van der Waals surface area contributed by atoms with Crippen molar-refractivity contribution in [3.05, 3.63) is 35.4 Å². The van der Waals surface area contributed by atoms with Crippen molar-refractivity contribution in [3.8, 4) is 23.7 Å². The molecular weight excluding hydrogens is 388 g/mol. The molecule has 0 aromatic heterocycles. The van der Waals surface area contributed by atoms with E-state index in [0.29, 0.717) is 18.7 Å². The first-order chi connectivity index (χ1) is 14.2. The van der Waals surface area contributed by atoms with Crippen LogP contribution in [0.2, 0.25) is 0 Å². The molecule has 1 aliphatic heterocycles. The van der Waals surface area contributed by atoms with Gasteiger partial charge in [-0.15, -0.1) is 0 Å². The third-order valence-electron chi connectivity index (χ3n) is 4.43. The summed E-state index contributed by atoms with van der Waals surface area (Å²) < 4.78 is 0. The number of urea groups is 1. The summed E-state index contributed by atoms with van der Waals surface area (Å²) in [6.45, 7) is 3.84. The van der Waals surface area contributed by atoms with E-state index in [9.17, 15) is 19.5 Å². The van der Waals surface area contributed by atoms with Crippen molar-refractivity contribution >= 4 is 17.8 Å². The Balaban J connectivity index is 1.94. The Kier molecular flexibility index (Phi) is 7.43. The van der Waals surface area contributed by atoms with Crippen LogP contribution in [0, 0.1) is 29.6 Å². The van der Waals surface area contributed by atoms with Gasteiger partial charge >= 0.3 is 6.03 Å². The second-order valence-electron chi connectivity index (χ2n) is 7.29. The van der Waals surface area contributed by atoms with Crippen LogP contribution in [0.1, 0.15) is 29.8 Å². The van der Waals surface area contributed by atoms with Gasteiger partial charge in [-0.3, -0.25) is 14.8 Å². The molecule has 158 valence electrons. The summed E-state index contributed by atoms with van der Waals surface area (Å²) in [5.41, 5.74) is 0.754. The number of carbonyl (C=O) groups excluding carboxylic acids is 3. The van der Waals surface area contributed by atoms with Crippen LogP contribution in [-0.2, 0) is 4.79 Å². The molecule has 1 aromatic carbocycles. The fraction of sp³-hybridized carbons (Fsp3) is 0.381. The molecule has 0 bridgehead atoms. The van der Waals surface area contributed by atoms with Gasteiger partial charge in [-0.25, -0.2) is 10.3 Å². The Bertz CT molecular complexity index is 923. The first-order valence-electron chi connectivity index (χ1n) is 9.21. The molecule has 0 aliphatic carbocycles. The van der Waals surface area contributed by atoms with E-state index in [0.717, 1.165) is 0 Å². The molecule has 1 atom stereocenters. The topological polar surface area (TPSA) is 131 Å². The molecule has 9 heteroatoms. The van der Waals surface area contributed by atoms with Gasteiger partial charge in [0, 0.05) is 31.3 Å². The second-order valence-corrected chi connectivity index (χ2v) is 7.29. The molecule has 30 heavy (non-hydrogen) atoms. The minimum atomic E-state index is -1.58. The number of hydroxylamine groups is 1. The van der Waals surface area contributed by atoms with Gasteiger partial charge in [0.05, 0.1) is 11.5 Å². The van der Waals surface area contributed by atoms with Gasteiger partial charge in [0.1, 0.15) is 6.04 Å². The quantitative estimate of drug-likeness (QED) is 0.263. The SMILES string of the molecule is CNC(=O)N1CC(C#CC#Cc2ccc(C(=O)N[C@H](C(=O)NO)C(C)(C)O)cc2)C1. The summed E-state index contributed by atoms with van der Waals surface area (Å²) >= 11 is 0. The largest absolute Gasteiger partial charge is 0.388 e. The molecule has 5 N–H and O–H groups in total. The minimum Gasteiger partial charge on any atom is -0.388 e. The molecule has 0 saturated carbocycles. The highest BCUT2D eigenvalue weighted by molar-refractivity contribution is 5.97. The third kappa shape index (κ3) is 5.98. The van der Waals surface area contributed by atoms with E-state index in [-0.39, 0.29) is 17.5 Å². The normalized spacial score (nSPS) is 14.1. The minimum absolute atomic E-state index is 0.113. The van der Waals surface area contributed by atoms with Crippen LogP contribution in [0.25, 0.3) is 0 Å². The maximum Gasteiger partial charge on any atom is 0.317 e. The first-order valence-corrected chi connectivity index (χ1v) is 9.21. The summed E-state index contributed by atoms with van der Waals surface area (Å²) in [7, 11) is 1.58. The zero-order valence-corrected chi connectivity index (χ0v) is 16.9. The average molecular weight is 412 g/mol. The maximum absolute atomic E-state index is 12.3. The van der Waals surface area contributed by atoms with Crippen LogP contribution in [0.5, 0.6) is 0 Å². The second kappa shape index (κ2) is 9.79. The third-order valence-corrected chi connectivity index (χ3v) is 4.43. The number of rotatable bonds is 4. The molecular formula is C21H24N4O5. The van der Waals surface area contributed by atoms with Crippen molar-refractivity contribution in [2.75, 3.05) is 20.1 Å². The number of hydrogen-bond donors (Lipinski definition) is 5. The lowest BCUT2D eigenvalue weighted by atomic mass is 9.97. The molecule has 1 aromatic rings. The van der Waals surface area contributed by atoms with Gasteiger partial charge in [0.15, 0.2) is 0 Å². The number of amides is 4. The number of nitrogens with zero attached hydrogens (tertiary/aromatic N) is 1. The fourth-order valence-electron chi connectivity index (χ4n) is 2.68. The van der Waals surface area contributed by atoms with Crippen LogP contribution in [0.15, 0.2) is 24.3 Å². The molecule has 9 nitrogen and oxygen atoms in total. The van der Waals surface area contributed by atoms with E-state index in [4.69, 9.17) is 5.21 Å². The van der Waals surface area contributed by atoms with E-state index in [1.54, 1.807) is 24.1 Å².